The minimum atomic E-state index is 0.0375. The predicted octanol–water partition coefficient (Wildman–Crippen LogP) is 2.05. The van der Waals surface area contributed by atoms with E-state index < -0.39 is 0 Å². The van der Waals surface area contributed by atoms with Crippen molar-refractivity contribution < 1.29 is 4.79 Å². The van der Waals surface area contributed by atoms with E-state index in [4.69, 9.17) is 11.5 Å². The summed E-state index contributed by atoms with van der Waals surface area (Å²) in [5.41, 5.74) is 17.3. The van der Waals surface area contributed by atoms with Crippen LogP contribution >= 0.6 is 0 Å². The lowest BCUT2D eigenvalue weighted by Crippen LogP contribution is -2.40. The molecule has 0 atom stereocenters. The Morgan fingerprint density at radius 2 is 1.96 bits per heavy atom. The first kappa shape index (κ1) is 18.4. The van der Waals surface area contributed by atoms with Crippen molar-refractivity contribution in [2.75, 3.05) is 25.9 Å². The van der Waals surface area contributed by atoms with Crippen LogP contribution in [0.3, 0.4) is 0 Å². The zero-order chi connectivity index (χ0) is 19.4. The number of benzene rings is 1. The summed E-state index contributed by atoms with van der Waals surface area (Å²) in [5.74, 6) is 0.458. The van der Waals surface area contributed by atoms with E-state index in [0.29, 0.717) is 24.6 Å². The van der Waals surface area contributed by atoms with Gasteiger partial charge in [-0.2, -0.15) is 0 Å². The van der Waals surface area contributed by atoms with Gasteiger partial charge in [-0.15, -0.1) is 0 Å². The average molecular weight is 364 g/mol. The van der Waals surface area contributed by atoms with Gasteiger partial charge >= 0.3 is 0 Å². The third-order valence-corrected chi connectivity index (χ3v) is 4.61. The molecular formula is C20H24N6O. The third kappa shape index (κ3) is 4.25. The molecule has 0 bridgehead atoms. The molecule has 2 aromatic rings. The van der Waals surface area contributed by atoms with E-state index in [-0.39, 0.29) is 5.91 Å². The first-order valence-corrected chi connectivity index (χ1v) is 8.78. The Morgan fingerprint density at radius 3 is 2.59 bits per heavy atom. The fourth-order valence-electron chi connectivity index (χ4n) is 3.09. The van der Waals surface area contributed by atoms with Crippen LogP contribution in [0.4, 0.5) is 11.4 Å². The van der Waals surface area contributed by atoms with Gasteiger partial charge in [0.15, 0.2) is 0 Å². The number of carbonyl (C=O) groups is 1. The van der Waals surface area contributed by atoms with E-state index in [1.807, 2.05) is 37.4 Å². The number of rotatable bonds is 4. The van der Waals surface area contributed by atoms with E-state index in [9.17, 15) is 4.79 Å². The second-order valence-electron chi connectivity index (χ2n) is 6.45. The summed E-state index contributed by atoms with van der Waals surface area (Å²) in [5, 5.41) is 3.18. The molecule has 0 spiro atoms. The van der Waals surface area contributed by atoms with Crippen LogP contribution in [0.15, 0.2) is 59.0 Å². The molecule has 1 aliphatic heterocycles. The van der Waals surface area contributed by atoms with Gasteiger partial charge in [0.25, 0.3) is 0 Å². The number of carbonyl (C=O) groups excluding carboxylic acids is 1. The minimum absolute atomic E-state index is 0.0375. The van der Waals surface area contributed by atoms with Crippen molar-refractivity contribution in [3.63, 3.8) is 0 Å². The van der Waals surface area contributed by atoms with Crippen molar-refractivity contribution >= 4 is 23.1 Å². The number of pyridine rings is 1. The number of nitrogens with one attached hydrogen (secondary N) is 1. The Hall–Kier alpha value is -3.35. The zero-order valence-electron chi connectivity index (χ0n) is 15.6. The van der Waals surface area contributed by atoms with Crippen LogP contribution in [0.25, 0.3) is 11.1 Å². The number of anilines is 1. The normalized spacial score (nSPS) is 15.0. The Balaban J connectivity index is 1.84. The van der Waals surface area contributed by atoms with Crippen molar-refractivity contribution in [1.29, 1.82) is 0 Å². The summed E-state index contributed by atoms with van der Waals surface area (Å²) in [4.78, 5) is 22.1. The van der Waals surface area contributed by atoms with Crippen molar-refractivity contribution in [2.24, 2.45) is 10.7 Å². The Labute approximate surface area is 158 Å². The molecule has 1 amide bonds. The van der Waals surface area contributed by atoms with Crippen molar-refractivity contribution in [3.8, 4) is 11.1 Å². The van der Waals surface area contributed by atoms with Gasteiger partial charge in [0.2, 0.25) is 5.91 Å². The maximum Gasteiger partial charge on any atom is 0.219 e. The first-order valence-electron chi connectivity index (χ1n) is 8.78. The Morgan fingerprint density at radius 1 is 1.22 bits per heavy atom. The third-order valence-electron chi connectivity index (χ3n) is 4.61. The van der Waals surface area contributed by atoms with Crippen LogP contribution in [0.2, 0.25) is 0 Å². The topological polar surface area (TPSA) is 110 Å². The van der Waals surface area contributed by atoms with Crippen LogP contribution in [-0.2, 0) is 4.79 Å². The number of nitrogen functional groups attached to an aromatic ring is 1. The molecule has 7 nitrogen and oxygen atoms in total. The van der Waals surface area contributed by atoms with Crippen LogP contribution in [0.1, 0.15) is 13.3 Å². The number of nitrogens with two attached hydrogens (primary N) is 2. The quantitative estimate of drug-likeness (QED) is 0.568. The number of aliphatic imine (C=N–C) groups is 1. The molecule has 0 aliphatic carbocycles. The highest BCUT2D eigenvalue weighted by Gasteiger charge is 2.22. The molecule has 3 rings (SSSR count). The summed E-state index contributed by atoms with van der Waals surface area (Å²) >= 11 is 0. The highest BCUT2D eigenvalue weighted by atomic mass is 16.2. The summed E-state index contributed by atoms with van der Waals surface area (Å²) < 4.78 is 0. The molecule has 5 N–H and O–H groups in total. The number of amidine groups is 1. The maximum absolute atomic E-state index is 11.7. The van der Waals surface area contributed by atoms with E-state index in [1.54, 1.807) is 24.2 Å². The standard InChI is InChI=1S/C20H24N6O/c1-13(27)26-8-7-19(23-2)18(12-26)20(22)25-17-5-3-14(4-6-17)15-9-16(21)11-24-10-15/h3-6,9-11,23H,7-8,12,21H2,1-2H3,(H2,22,25). The predicted molar refractivity (Wildman–Crippen MR) is 108 cm³/mol. The summed E-state index contributed by atoms with van der Waals surface area (Å²) in [7, 11) is 1.86. The molecule has 140 valence electrons. The molecule has 7 heteroatoms. The molecule has 0 saturated heterocycles. The Bertz CT molecular complexity index is 901. The van der Waals surface area contributed by atoms with Gasteiger partial charge in [-0.25, -0.2) is 4.99 Å². The molecule has 0 unspecified atom stereocenters. The lowest BCUT2D eigenvalue weighted by atomic mass is 10.0. The summed E-state index contributed by atoms with van der Waals surface area (Å²) in [6, 6.07) is 9.59. The number of nitrogens with zero attached hydrogens (tertiary/aromatic N) is 3. The second-order valence-corrected chi connectivity index (χ2v) is 6.45. The van der Waals surface area contributed by atoms with Gasteiger partial charge in [-0.1, -0.05) is 12.1 Å². The van der Waals surface area contributed by atoms with Gasteiger partial charge in [0.1, 0.15) is 5.84 Å². The second kappa shape index (κ2) is 7.90. The van der Waals surface area contributed by atoms with Crippen LogP contribution < -0.4 is 16.8 Å². The van der Waals surface area contributed by atoms with E-state index in [2.05, 4.69) is 15.3 Å². The summed E-state index contributed by atoms with van der Waals surface area (Å²) in [6.07, 6.45) is 4.12. The maximum atomic E-state index is 11.7. The molecule has 0 radical (unpaired) electrons. The smallest absolute Gasteiger partial charge is 0.219 e. The molecule has 1 aromatic heterocycles. The van der Waals surface area contributed by atoms with Crippen LogP contribution in [-0.4, -0.2) is 41.8 Å². The highest BCUT2D eigenvalue weighted by molar-refractivity contribution is 6.00. The summed E-state index contributed by atoms with van der Waals surface area (Å²) in [6.45, 7) is 2.72. The molecule has 1 aromatic carbocycles. The fourth-order valence-corrected chi connectivity index (χ4v) is 3.09. The number of hydrogen-bond donors (Lipinski definition) is 3. The van der Waals surface area contributed by atoms with Crippen molar-refractivity contribution in [2.45, 2.75) is 13.3 Å². The largest absolute Gasteiger partial charge is 0.397 e. The van der Waals surface area contributed by atoms with E-state index >= 15 is 0 Å². The highest BCUT2D eigenvalue weighted by Crippen LogP contribution is 2.24. The van der Waals surface area contributed by atoms with Crippen LogP contribution in [0, 0.1) is 0 Å². The molecule has 0 fully saturated rings. The van der Waals surface area contributed by atoms with Gasteiger partial charge in [-0.05, 0) is 23.8 Å². The van der Waals surface area contributed by atoms with E-state index in [0.717, 1.165) is 34.5 Å². The fraction of sp³-hybridized carbons (Fsp3) is 0.250. The van der Waals surface area contributed by atoms with Crippen LogP contribution in [0.5, 0.6) is 0 Å². The molecule has 1 aliphatic rings. The SMILES string of the molecule is CNC1=C(C(N)=Nc2ccc(-c3cncc(N)c3)cc2)CN(C(C)=O)CC1. The lowest BCUT2D eigenvalue weighted by molar-refractivity contribution is -0.128. The monoisotopic (exact) mass is 364 g/mol. The molecule has 0 saturated carbocycles. The van der Waals surface area contributed by atoms with Gasteiger partial charge in [-0.3, -0.25) is 9.78 Å². The number of amides is 1. The van der Waals surface area contributed by atoms with Gasteiger partial charge in [0.05, 0.1) is 17.9 Å². The van der Waals surface area contributed by atoms with Gasteiger partial charge < -0.3 is 21.7 Å². The molecule has 27 heavy (non-hydrogen) atoms. The zero-order valence-corrected chi connectivity index (χ0v) is 15.6. The number of hydrogen-bond acceptors (Lipinski definition) is 5. The first-order chi connectivity index (χ1) is 13.0. The number of aromatic nitrogens is 1. The minimum Gasteiger partial charge on any atom is -0.397 e. The van der Waals surface area contributed by atoms with Gasteiger partial charge in [0, 0.05) is 56.2 Å². The van der Waals surface area contributed by atoms with Crippen molar-refractivity contribution in [3.05, 3.63) is 54.0 Å². The lowest BCUT2D eigenvalue weighted by Gasteiger charge is -2.29. The van der Waals surface area contributed by atoms with Crippen molar-refractivity contribution in [1.82, 2.24) is 15.2 Å². The van der Waals surface area contributed by atoms with E-state index in [1.165, 1.54) is 0 Å². The molecular weight excluding hydrogens is 340 g/mol. The Kier molecular flexibility index (Phi) is 5.40. The molecule has 2 heterocycles. The average Bonchev–Trinajstić information content (AvgIpc) is 2.68.